The van der Waals surface area contributed by atoms with E-state index in [-0.39, 0.29) is 29.8 Å². The molecule has 0 radical (unpaired) electrons. The minimum absolute atomic E-state index is 0.00875. The van der Waals surface area contributed by atoms with Gasteiger partial charge in [0.25, 0.3) is 0 Å². The van der Waals surface area contributed by atoms with Crippen LogP contribution in [0.2, 0.25) is 0 Å². The maximum absolute atomic E-state index is 12.1. The van der Waals surface area contributed by atoms with E-state index < -0.39 is 0 Å². The molecule has 5 heteroatoms. The first kappa shape index (κ1) is 12.4. The van der Waals surface area contributed by atoms with E-state index in [1.807, 2.05) is 0 Å². The van der Waals surface area contributed by atoms with Crippen LogP contribution in [0.25, 0.3) is 0 Å². The van der Waals surface area contributed by atoms with Crippen LogP contribution in [0.15, 0.2) is 0 Å². The zero-order chi connectivity index (χ0) is 12.4. The van der Waals surface area contributed by atoms with Crippen LogP contribution in [-0.2, 0) is 9.59 Å². The number of hydrogen-bond donors (Lipinski definition) is 3. The summed E-state index contributed by atoms with van der Waals surface area (Å²) in [7, 11) is 0. The van der Waals surface area contributed by atoms with Crippen molar-refractivity contribution in [3.8, 4) is 0 Å². The SMILES string of the molecule is CC1CCC(N)CC1C(=O)NC1CNC(=O)C1. The van der Waals surface area contributed by atoms with Gasteiger partial charge in [0.15, 0.2) is 0 Å². The number of nitrogens with two attached hydrogens (primary N) is 1. The third-order valence-electron chi connectivity index (χ3n) is 3.90. The molecule has 1 saturated carbocycles. The first-order valence-electron chi connectivity index (χ1n) is 6.39. The lowest BCUT2D eigenvalue weighted by Crippen LogP contribution is -2.45. The molecule has 2 amide bonds. The molecule has 4 atom stereocenters. The summed E-state index contributed by atoms with van der Waals surface area (Å²) < 4.78 is 0. The van der Waals surface area contributed by atoms with E-state index >= 15 is 0 Å². The fourth-order valence-electron chi connectivity index (χ4n) is 2.74. The molecule has 1 heterocycles. The molecule has 0 aromatic heterocycles. The summed E-state index contributed by atoms with van der Waals surface area (Å²) in [5, 5.41) is 5.67. The van der Waals surface area contributed by atoms with Crippen LogP contribution in [0.3, 0.4) is 0 Å². The smallest absolute Gasteiger partial charge is 0.223 e. The molecular weight excluding hydrogens is 218 g/mol. The van der Waals surface area contributed by atoms with Crippen molar-refractivity contribution >= 4 is 11.8 Å². The minimum Gasteiger partial charge on any atom is -0.354 e. The van der Waals surface area contributed by atoms with Gasteiger partial charge in [-0.25, -0.2) is 0 Å². The standard InChI is InChI=1S/C12H21N3O2/c1-7-2-3-8(13)4-10(7)12(17)15-9-5-11(16)14-6-9/h7-10H,2-6,13H2,1H3,(H,14,16)(H,15,17). The van der Waals surface area contributed by atoms with Gasteiger partial charge in [0.2, 0.25) is 11.8 Å². The van der Waals surface area contributed by atoms with Gasteiger partial charge in [-0.3, -0.25) is 9.59 Å². The highest BCUT2D eigenvalue weighted by molar-refractivity contribution is 5.83. The second-order valence-corrected chi connectivity index (χ2v) is 5.37. The topological polar surface area (TPSA) is 84.2 Å². The van der Waals surface area contributed by atoms with Crippen molar-refractivity contribution in [2.24, 2.45) is 17.6 Å². The average Bonchev–Trinajstić information content (AvgIpc) is 2.67. The molecule has 96 valence electrons. The average molecular weight is 239 g/mol. The van der Waals surface area contributed by atoms with Crippen LogP contribution in [-0.4, -0.2) is 30.4 Å². The number of rotatable bonds is 2. The summed E-state index contributed by atoms with van der Waals surface area (Å²) >= 11 is 0. The zero-order valence-electron chi connectivity index (χ0n) is 10.2. The number of carbonyl (C=O) groups excluding carboxylic acids is 2. The van der Waals surface area contributed by atoms with Gasteiger partial charge in [-0.05, 0) is 25.2 Å². The van der Waals surface area contributed by atoms with Gasteiger partial charge in [0, 0.05) is 24.9 Å². The first-order valence-corrected chi connectivity index (χ1v) is 6.39. The van der Waals surface area contributed by atoms with Crippen molar-refractivity contribution in [2.45, 2.75) is 44.7 Å². The van der Waals surface area contributed by atoms with E-state index in [0.29, 0.717) is 18.9 Å². The second-order valence-electron chi connectivity index (χ2n) is 5.37. The Balaban J connectivity index is 1.88. The summed E-state index contributed by atoms with van der Waals surface area (Å²) in [6.45, 7) is 2.66. The fourth-order valence-corrected chi connectivity index (χ4v) is 2.74. The van der Waals surface area contributed by atoms with Crippen molar-refractivity contribution in [2.75, 3.05) is 6.54 Å². The summed E-state index contributed by atoms with van der Waals surface area (Å²) in [6, 6.07) is 0.102. The molecule has 2 aliphatic rings. The van der Waals surface area contributed by atoms with E-state index in [1.54, 1.807) is 0 Å². The lowest BCUT2D eigenvalue weighted by Gasteiger charge is -2.32. The molecular formula is C12H21N3O2. The van der Waals surface area contributed by atoms with Gasteiger partial charge >= 0.3 is 0 Å². The highest BCUT2D eigenvalue weighted by Gasteiger charge is 2.33. The Morgan fingerprint density at radius 1 is 1.47 bits per heavy atom. The molecule has 0 spiro atoms. The van der Waals surface area contributed by atoms with Gasteiger partial charge in [0.05, 0.1) is 6.04 Å². The van der Waals surface area contributed by atoms with E-state index in [4.69, 9.17) is 5.73 Å². The predicted octanol–water partition coefficient (Wildman–Crippen LogP) is -0.245. The lowest BCUT2D eigenvalue weighted by molar-refractivity contribution is -0.128. The molecule has 0 aromatic carbocycles. The van der Waals surface area contributed by atoms with Crippen molar-refractivity contribution in [1.29, 1.82) is 0 Å². The van der Waals surface area contributed by atoms with Gasteiger partial charge in [-0.15, -0.1) is 0 Å². The lowest BCUT2D eigenvalue weighted by atomic mass is 9.77. The third kappa shape index (κ3) is 2.97. The Hall–Kier alpha value is -1.10. The van der Waals surface area contributed by atoms with Crippen molar-refractivity contribution in [3.05, 3.63) is 0 Å². The Bertz CT molecular complexity index is 319. The summed E-state index contributed by atoms with van der Waals surface area (Å²) in [6.07, 6.45) is 3.19. The Labute approximate surface area is 102 Å². The normalized spacial score (nSPS) is 37.6. The largest absolute Gasteiger partial charge is 0.354 e. The Kier molecular flexibility index (Phi) is 3.66. The second kappa shape index (κ2) is 5.04. The van der Waals surface area contributed by atoms with Gasteiger partial charge < -0.3 is 16.4 Å². The van der Waals surface area contributed by atoms with E-state index in [0.717, 1.165) is 19.3 Å². The fraction of sp³-hybridized carbons (Fsp3) is 0.833. The van der Waals surface area contributed by atoms with Crippen LogP contribution >= 0.6 is 0 Å². The molecule has 2 rings (SSSR count). The summed E-state index contributed by atoms with van der Waals surface area (Å²) in [5.74, 6) is 0.479. The van der Waals surface area contributed by atoms with Crippen LogP contribution in [0.1, 0.15) is 32.6 Å². The zero-order valence-corrected chi connectivity index (χ0v) is 10.2. The maximum atomic E-state index is 12.1. The summed E-state index contributed by atoms with van der Waals surface area (Å²) in [4.78, 5) is 23.2. The van der Waals surface area contributed by atoms with Crippen LogP contribution in [0.5, 0.6) is 0 Å². The van der Waals surface area contributed by atoms with Crippen molar-refractivity contribution in [1.82, 2.24) is 10.6 Å². The predicted molar refractivity (Wildman–Crippen MR) is 64.0 cm³/mol. The number of carbonyl (C=O) groups is 2. The molecule has 0 bridgehead atoms. The molecule has 4 N–H and O–H groups in total. The number of amides is 2. The Morgan fingerprint density at radius 2 is 2.24 bits per heavy atom. The summed E-state index contributed by atoms with van der Waals surface area (Å²) in [5.41, 5.74) is 5.91. The van der Waals surface area contributed by atoms with Gasteiger partial charge in [0.1, 0.15) is 0 Å². The van der Waals surface area contributed by atoms with E-state index in [9.17, 15) is 9.59 Å². The molecule has 2 fully saturated rings. The molecule has 17 heavy (non-hydrogen) atoms. The van der Waals surface area contributed by atoms with Crippen LogP contribution in [0, 0.1) is 11.8 Å². The van der Waals surface area contributed by atoms with Crippen molar-refractivity contribution < 1.29 is 9.59 Å². The van der Waals surface area contributed by atoms with Gasteiger partial charge in [-0.2, -0.15) is 0 Å². The molecule has 4 unspecified atom stereocenters. The number of nitrogens with one attached hydrogen (secondary N) is 2. The molecule has 1 saturated heterocycles. The van der Waals surface area contributed by atoms with E-state index in [2.05, 4.69) is 17.6 Å². The first-order chi connectivity index (χ1) is 8.06. The molecule has 1 aliphatic heterocycles. The van der Waals surface area contributed by atoms with Crippen LogP contribution < -0.4 is 16.4 Å². The molecule has 0 aromatic rings. The van der Waals surface area contributed by atoms with Gasteiger partial charge in [-0.1, -0.05) is 6.92 Å². The molecule has 1 aliphatic carbocycles. The maximum Gasteiger partial charge on any atom is 0.223 e. The Morgan fingerprint density at radius 3 is 2.88 bits per heavy atom. The quantitative estimate of drug-likeness (QED) is 0.621. The van der Waals surface area contributed by atoms with E-state index in [1.165, 1.54) is 0 Å². The highest BCUT2D eigenvalue weighted by Crippen LogP contribution is 2.29. The highest BCUT2D eigenvalue weighted by atomic mass is 16.2. The third-order valence-corrected chi connectivity index (χ3v) is 3.90. The van der Waals surface area contributed by atoms with Crippen molar-refractivity contribution in [3.63, 3.8) is 0 Å². The minimum atomic E-state index is -0.0413. The monoisotopic (exact) mass is 239 g/mol. The van der Waals surface area contributed by atoms with Crippen LogP contribution in [0.4, 0.5) is 0 Å². The number of hydrogen-bond acceptors (Lipinski definition) is 3. The molecule has 5 nitrogen and oxygen atoms in total.